The largest absolute Gasteiger partial charge is 0.542 e. The summed E-state index contributed by atoms with van der Waals surface area (Å²) in [6.45, 7) is 4.69. The van der Waals surface area contributed by atoms with Gasteiger partial charge in [-0.25, -0.2) is 0 Å². The fourth-order valence-electron chi connectivity index (χ4n) is 8.05. The van der Waals surface area contributed by atoms with E-state index in [1.54, 1.807) is 7.11 Å². The zero-order chi connectivity index (χ0) is 30.6. The molecule has 0 unspecified atom stereocenters. The number of nitrogens with two attached hydrogens (primary N) is 2. The van der Waals surface area contributed by atoms with Gasteiger partial charge in [0.25, 0.3) is 0 Å². The standard InChI is InChI=1S/C30H40N4O2.C2HF3O2/c1-36-28-13-12-24-26(33-28)18-32-20-30(24)19-31-17-25(30)29(35)34-15-14-23(21-8-4-2-5-9-21)16-27(34)22-10-6-3-7-11-22;3-2(4,5)1(6)7/h2,4-5,8-9,12-13,22-23,25,27,31-32H,3,6-7,10-11,14-20H2,1H3;(H,6,7)/p+2/t23-,25+,27+,30-;/m1./s1. The number of hydrogen-bond acceptors (Lipinski definition) is 4. The number of piperidine rings is 1. The molecule has 0 radical (unpaired) electrons. The lowest BCUT2D eigenvalue weighted by Gasteiger charge is -2.46. The normalized spacial score (nSPS) is 27.6. The van der Waals surface area contributed by atoms with Gasteiger partial charge in [-0.2, -0.15) is 18.2 Å². The number of aliphatic carboxylic acids is 1. The third-order valence-electron chi connectivity index (χ3n) is 10.1. The van der Waals surface area contributed by atoms with Crippen LogP contribution >= 0.6 is 0 Å². The first-order chi connectivity index (χ1) is 20.6. The smallest absolute Gasteiger partial charge is 0.430 e. The van der Waals surface area contributed by atoms with E-state index in [1.165, 1.54) is 48.9 Å². The van der Waals surface area contributed by atoms with Gasteiger partial charge in [0.15, 0.2) is 6.54 Å². The zero-order valence-corrected chi connectivity index (χ0v) is 24.7. The number of carboxylic acids is 1. The molecule has 1 amide bonds. The molecule has 0 bridgehead atoms. The van der Waals surface area contributed by atoms with Gasteiger partial charge < -0.3 is 30.2 Å². The average molecular weight is 605 g/mol. The number of amides is 1. The van der Waals surface area contributed by atoms with E-state index in [-0.39, 0.29) is 11.3 Å². The number of nitrogens with one attached hydrogen (secondary N) is 1. The van der Waals surface area contributed by atoms with E-state index < -0.39 is 12.1 Å². The van der Waals surface area contributed by atoms with Crippen molar-refractivity contribution in [3.63, 3.8) is 0 Å². The highest BCUT2D eigenvalue weighted by molar-refractivity contribution is 5.82. The minimum Gasteiger partial charge on any atom is -0.542 e. The fourth-order valence-corrected chi connectivity index (χ4v) is 8.05. The Morgan fingerprint density at radius 2 is 1.72 bits per heavy atom. The Morgan fingerprint density at radius 3 is 2.40 bits per heavy atom. The van der Waals surface area contributed by atoms with Crippen molar-refractivity contribution in [1.82, 2.24) is 4.90 Å². The third kappa shape index (κ3) is 6.67. The summed E-state index contributed by atoms with van der Waals surface area (Å²) in [6.07, 6.45) is 3.56. The van der Waals surface area contributed by atoms with Crippen LogP contribution in [-0.2, 0) is 21.5 Å². The summed E-state index contributed by atoms with van der Waals surface area (Å²) >= 11 is 0. The Morgan fingerprint density at radius 1 is 1.02 bits per heavy atom. The number of halogens is 3. The first-order valence-electron chi connectivity index (χ1n) is 15.5. The van der Waals surface area contributed by atoms with Crippen LogP contribution < -0.4 is 25.5 Å². The number of aromatic nitrogens is 1. The SMILES string of the molecule is COc1ccc2c([nH+]1)C[NH2+]C[C@]21C[NH2+]C[C@H]1C(=O)N1CC[C@@H](c2ccccc2)C[C@H]1C1CCCCC1.O=C([O-])C(F)(F)F. The molecule has 1 aromatic heterocycles. The molecular weight excluding hydrogens is 561 g/mol. The minimum atomic E-state index is -5.19. The molecular formula is C32H43F3N4O4+2. The molecule has 6 rings (SSSR count). The summed E-state index contributed by atoms with van der Waals surface area (Å²) in [5, 5.41) is 13.6. The molecule has 3 fully saturated rings. The van der Waals surface area contributed by atoms with E-state index in [0.717, 1.165) is 51.4 Å². The van der Waals surface area contributed by atoms with Crippen molar-refractivity contribution in [2.75, 3.05) is 33.3 Å². The van der Waals surface area contributed by atoms with Crippen molar-refractivity contribution < 1.29 is 48.2 Å². The highest BCUT2D eigenvalue weighted by Crippen LogP contribution is 2.42. The quantitative estimate of drug-likeness (QED) is 0.534. The van der Waals surface area contributed by atoms with Crippen molar-refractivity contribution in [2.45, 2.75) is 75.0 Å². The van der Waals surface area contributed by atoms with Crippen LogP contribution in [0, 0.1) is 11.8 Å². The van der Waals surface area contributed by atoms with E-state index >= 15 is 0 Å². The number of methoxy groups -OCH3 is 1. The predicted molar refractivity (Wildman–Crippen MR) is 148 cm³/mol. The van der Waals surface area contributed by atoms with Gasteiger partial charge in [-0.05, 0) is 49.1 Å². The second-order valence-corrected chi connectivity index (χ2v) is 12.5. The van der Waals surface area contributed by atoms with Gasteiger partial charge in [-0.3, -0.25) is 4.79 Å². The van der Waals surface area contributed by atoms with Crippen LogP contribution in [0.3, 0.4) is 0 Å². The van der Waals surface area contributed by atoms with Gasteiger partial charge in [-0.1, -0.05) is 49.6 Å². The van der Waals surface area contributed by atoms with Gasteiger partial charge in [0.05, 0.1) is 32.8 Å². The van der Waals surface area contributed by atoms with Crippen LogP contribution in [0.15, 0.2) is 42.5 Å². The van der Waals surface area contributed by atoms with Crippen LogP contribution in [-0.4, -0.2) is 62.3 Å². The third-order valence-corrected chi connectivity index (χ3v) is 10.1. The average Bonchev–Trinajstić information content (AvgIpc) is 3.44. The lowest BCUT2D eigenvalue weighted by Crippen LogP contribution is -2.91. The number of quaternary nitrogens is 2. The second kappa shape index (κ2) is 13.2. The highest BCUT2D eigenvalue weighted by atomic mass is 19.4. The fraction of sp³-hybridized carbons (Fsp3) is 0.594. The maximum atomic E-state index is 14.6. The lowest BCUT2D eigenvalue weighted by molar-refractivity contribution is -0.701. The van der Waals surface area contributed by atoms with Gasteiger partial charge in [0, 0.05) is 18.2 Å². The van der Waals surface area contributed by atoms with E-state index in [9.17, 15) is 18.0 Å². The molecule has 11 heteroatoms. The van der Waals surface area contributed by atoms with Crippen molar-refractivity contribution in [2.24, 2.45) is 11.8 Å². The van der Waals surface area contributed by atoms with Gasteiger partial charge >= 0.3 is 12.1 Å². The maximum absolute atomic E-state index is 14.6. The van der Waals surface area contributed by atoms with E-state index in [0.29, 0.717) is 23.8 Å². The van der Waals surface area contributed by atoms with Crippen molar-refractivity contribution >= 4 is 11.9 Å². The number of ether oxygens (including phenoxy) is 1. The molecule has 4 aliphatic rings. The van der Waals surface area contributed by atoms with E-state index in [1.807, 2.05) is 6.07 Å². The van der Waals surface area contributed by atoms with Gasteiger partial charge in [-0.15, -0.1) is 0 Å². The Balaban J connectivity index is 0.000000472. The Bertz CT molecular complexity index is 1270. The molecule has 3 aliphatic heterocycles. The predicted octanol–water partition coefficient (Wildman–Crippen LogP) is 0.671. The Hall–Kier alpha value is -3.18. The number of carboxylic acid groups (broad SMARTS) is 1. The van der Waals surface area contributed by atoms with E-state index in [2.05, 4.69) is 56.9 Å². The summed E-state index contributed by atoms with van der Waals surface area (Å²) in [6, 6.07) is 15.7. The summed E-state index contributed by atoms with van der Waals surface area (Å²) < 4.78 is 37.0. The van der Waals surface area contributed by atoms with Gasteiger partial charge in [0.1, 0.15) is 17.3 Å². The van der Waals surface area contributed by atoms with Crippen molar-refractivity contribution in [1.29, 1.82) is 0 Å². The molecule has 1 aliphatic carbocycles. The molecule has 1 saturated carbocycles. The number of nitrogens with zero attached hydrogens (tertiary/aromatic N) is 1. The number of benzene rings is 1. The molecule has 2 aromatic rings. The van der Waals surface area contributed by atoms with Crippen molar-refractivity contribution in [3.8, 4) is 5.88 Å². The van der Waals surface area contributed by atoms with Crippen LogP contribution in [0.2, 0.25) is 0 Å². The topological polar surface area (TPSA) is 117 Å². The first kappa shape index (κ1) is 31.3. The van der Waals surface area contributed by atoms with Crippen molar-refractivity contribution in [3.05, 3.63) is 59.3 Å². The summed E-state index contributed by atoms with van der Waals surface area (Å²) in [7, 11) is 1.71. The highest BCUT2D eigenvalue weighted by Gasteiger charge is 2.58. The lowest BCUT2D eigenvalue weighted by atomic mass is 9.68. The van der Waals surface area contributed by atoms with Crippen LogP contribution in [0.4, 0.5) is 13.2 Å². The number of aromatic amines is 1. The second-order valence-electron chi connectivity index (χ2n) is 12.5. The Kier molecular flexibility index (Phi) is 9.60. The molecule has 4 atom stereocenters. The Labute approximate surface area is 250 Å². The first-order valence-corrected chi connectivity index (χ1v) is 15.5. The molecule has 234 valence electrons. The molecule has 1 spiro atoms. The molecule has 43 heavy (non-hydrogen) atoms. The van der Waals surface area contributed by atoms with E-state index in [4.69, 9.17) is 14.6 Å². The molecule has 8 nitrogen and oxygen atoms in total. The number of hydrogen-bond donors (Lipinski definition) is 2. The molecule has 5 N–H and O–H groups in total. The number of pyridine rings is 1. The number of carbonyl (C=O) groups excluding carboxylic acids is 2. The number of H-pyrrole nitrogens is 1. The summed E-state index contributed by atoms with van der Waals surface area (Å²) in [4.78, 5) is 29.2. The number of carbonyl (C=O) groups is 2. The van der Waals surface area contributed by atoms with Crippen LogP contribution in [0.1, 0.15) is 67.7 Å². The number of rotatable bonds is 4. The van der Waals surface area contributed by atoms with Crippen LogP contribution in [0.5, 0.6) is 5.88 Å². The molecule has 1 aromatic carbocycles. The summed E-state index contributed by atoms with van der Waals surface area (Å²) in [5.74, 6) is -0.538. The summed E-state index contributed by atoms with van der Waals surface area (Å²) in [5.41, 5.74) is 3.91. The van der Waals surface area contributed by atoms with Crippen LogP contribution in [0.25, 0.3) is 0 Å². The zero-order valence-electron chi connectivity index (χ0n) is 24.7. The monoisotopic (exact) mass is 604 g/mol. The molecule has 2 saturated heterocycles. The maximum Gasteiger partial charge on any atom is 0.430 e. The number of alkyl halides is 3. The molecule has 4 heterocycles. The van der Waals surface area contributed by atoms with Gasteiger partial charge in [0.2, 0.25) is 11.6 Å². The minimum absolute atomic E-state index is 0.0361. The number of fused-ring (bicyclic) bond motifs is 2. The number of likely N-dealkylation sites (tertiary alicyclic amines) is 1.